The molecule has 4 heteroatoms. The Morgan fingerprint density at radius 1 is 1.33 bits per heavy atom. The summed E-state index contributed by atoms with van der Waals surface area (Å²) in [4.78, 5) is 13.9. The van der Waals surface area contributed by atoms with Gasteiger partial charge in [-0.15, -0.1) is 0 Å². The first kappa shape index (κ1) is 14.5. The van der Waals surface area contributed by atoms with E-state index < -0.39 is 5.82 Å². The van der Waals surface area contributed by atoms with Crippen LogP contribution in [0.3, 0.4) is 0 Å². The smallest absolute Gasteiger partial charge is 0.163 e. The van der Waals surface area contributed by atoms with Crippen LogP contribution in [0.2, 0.25) is 0 Å². The highest BCUT2D eigenvalue weighted by atomic mass is 19.1. The monoisotopic (exact) mass is 291 g/mol. The Balaban J connectivity index is 1.85. The fourth-order valence-corrected chi connectivity index (χ4v) is 4.02. The molecule has 3 rings (SSSR count). The standard InChI is InChI=1S/C17H22FNO2/c1-11(20)15-9-14(18)8-13(17(15)21)10-19-7-3-5-12-4-2-6-16(12)19/h8-9,12,16,21H,2-7,10H2,1H3. The summed E-state index contributed by atoms with van der Waals surface area (Å²) in [6, 6.07) is 3.04. The first-order valence-electron chi connectivity index (χ1n) is 7.82. The molecule has 1 heterocycles. The van der Waals surface area contributed by atoms with Crippen LogP contribution in [0.15, 0.2) is 12.1 Å². The van der Waals surface area contributed by atoms with Gasteiger partial charge in [-0.1, -0.05) is 6.42 Å². The number of Topliss-reactive ketones (excluding diaryl/α,β-unsaturated/α-hetero) is 1. The van der Waals surface area contributed by atoms with Crippen molar-refractivity contribution in [1.29, 1.82) is 0 Å². The SMILES string of the molecule is CC(=O)c1cc(F)cc(CN2CCCC3CCCC32)c1O. The van der Waals surface area contributed by atoms with Crippen molar-refractivity contribution in [2.24, 2.45) is 5.92 Å². The molecular formula is C17H22FNO2. The quantitative estimate of drug-likeness (QED) is 0.867. The zero-order valence-corrected chi connectivity index (χ0v) is 12.4. The third-order valence-electron chi connectivity index (χ3n) is 5.01. The second-order valence-corrected chi connectivity index (χ2v) is 6.39. The zero-order chi connectivity index (χ0) is 15.0. The summed E-state index contributed by atoms with van der Waals surface area (Å²) in [5, 5.41) is 10.2. The minimum atomic E-state index is -0.451. The van der Waals surface area contributed by atoms with Crippen LogP contribution in [0.1, 0.15) is 54.9 Å². The van der Waals surface area contributed by atoms with Crippen molar-refractivity contribution in [3.8, 4) is 5.75 Å². The first-order valence-corrected chi connectivity index (χ1v) is 7.82. The lowest BCUT2D eigenvalue weighted by Crippen LogP contribution is -2.41. The van der Waals surface area contributed by atoms with Crippen molar-refractivity contribution in [1.82, 2.24) is 4.90 Å². The summed E-state index contributed by atoms with van der Waals surface area (Å²) in [6.45, 7) is 2.88. The Morgan fingerprint density at radius 2 is 2.10 bits per heavy atom. The maximum Gasteiger partial charge on any atom is 0.163 e. The van der Waals surface area contributed by atoms with Crippen LogP contribution in [-0.4, -0.2) is 28.4 Å². The van der Waals surface area contributed by atoms with Crippen LogP contribution in [0, 0.1) is 11.7 Å². The molecule has 2 unspecified atom stereocenters. The molecule has 0 amide bonds. The lowest BCUT2D eigenvalue weighted by Gasteiger charge is -2.38. The van der Waals surface area contributed by atoms with Gasteiger partial charge in [-0.05, 0) is 57.2 Å². The van der Waals surface area contributed by atoms with E-state index in [1.807, 2.05) is 0 Å². The number of piperidine rings is 1. The number of benzene rings is 1. The number of hydrogen-bond acceptors (Lipinski definition) is 3. The number of nitrogens with zero attached hydrogens (tertiary/aromatic N) is 1. The summed E-state index contributed by atoms with van der Waals surface area (Å²) >= 11 is 0. The molecule has 1 aliphatic heterocycles. The van der Waals surface area contributed by atoms with Gasteiger partial charge in [0.1, 0.15) is 11.6 Å². The Morgan fingerprint density at radius 3 is 2.86 bits per heavy atom. The Hall–Kier alpha value is -1.42. The van der Waals surface area contributed by atoms with Crippen molar-refractivity contribution in [3.63, 3.8) is 0 Å². The van der Waals surface area contributed by atoms with Crippen molar-refractivity contribution >= 4 is 5.78 Å². The van der Waals surface area contributed by atoms with Gasteiger partial charge in [0.25, 0.3) is 0 Å². The van der Waals surface area contributed by atoms with Gasteiger partial charge in [0.05, 0.1) is 5.56 Å². The lowest BCUT2D eigenvalue weighted by molar-refractivity contribution is 0.100. The zero-order valence-electron chi connectivity index (χ0n) is 12.4. The van der Waals surface area contributed by atoms with Crippen molar-refractivity contribution in [3.05, 3.63) is 29.1 Å². The maximum absolute atomic E-state index is 13.7. The van der Waals surface area contributed by atoms with E-state index in [-0.39, 0.29) is 17.1 Å². The number of halogens is 1. The number of likely N-dealkylation sites (tertiary alicyclic amines) is 1. The van der Waals surface area contributed by atoms with Crippen molar-refractivity contribution in [2.45, 2.75) is 51.6 Å². The Bertz CT molecular complexity index is 558. The summed E-state index contributed by atoms with van der Waals surface area (Å²) < 4.78 is 13.7. The Kier molecular flexibility index (Phi) is 3.98. The first-order chi connectivity index (χ1) is 10.1. The van der Waals surface area contributed by atoms with Gasteiger partial charge in [0.2, 0.25) is 0 Å². The molecule has 1 aromatic rings. The number of hydrogen-bond donors (Lipinski definition) is 1. The normalized spacial score (nSPS) is 25.8. The molecule has 2 atom stereocenters. The van der Waals surface area contributed by atoms with E-state index in [1.165, 1.54) is 38.7 Å². The van der Waals surface area contributed by atoms with E-state index in [0.29, 0.717) is 18.2 Å². The minimum absolute atomic E-state index is 0.0518. The topological polar surface area (TPSA) is 40.5 Å². The van der Waals surface area contributed by atoms with E-state index in [2.05, 4.69) is 4.90 Å². The average Bonchev–Trinajstić information content (AvgIpc) is 2.91. The van der Waals surface area contributed by atoms with Gasteiger partial charge in [-0.3, -0.25) is 9.69 Å². The molecule has 1 saturated heterocycles. The number of ketones is 1. The van der Waals surface area contributed by atoms with Crippen LogP contribution in [0.5, 0.6) is 5.75 Å². The van der Waals surface area contributed by atoms with Crippen LogP contribution in [0.4, 0.5) is 4.39 Å². The summed E-state index contributed by atoms with van der Waals surface area (Å²) in [5.74, 6) is -0.0515. The van der Waals surface area contributed by atoms with Gasteiger partial charge in [0, 0.05) is 18.2 Å². The molecule has 1 aromatic carbocycles. The highest BCUT2D eigenvalue weighted by Crippen LogP contribution is 2.38. The molecular weight excluding hydrogens is 269 g/mol. The van der Waals surface area contributed by atoms with E-state index >= 15 is 0 Å². The van der Waals surface area contributed by atoms with E-state index in [1.54, 1.807) is 0 Å². The fourth-order valence-electron chi connectivity index (χ4n) is 4.02. The Labute approximate surface area is 124 Å². The highest BCUT2D eigenvalue weighted by Gasteiger charge is 2.35. The summed E-state index contributed by atoms with van der Waals surface area (Å²) in [7, 11) is 0. The molecule has 2 aliphatic rings. The molecule has 0 spiro atoms. The molecule has 1 saturated carbocycles. The largest absolute Gasteiger partial charge is 0.507 e. The van der Waals surface area contributed by atoms with Gasteiger partial charge in [-0.25, -0.2) is 4.39 Å². The van der Waals surface area contributed by atoms with Crippen LogP contribution in [-0.2, 0) is 6.54 Å². The molecule has 1 N–H and O–H groups in total. The number of rotatable bonds is 3. The third-order valence-corrected chi connectivity index (χ3v) is 5.01. The van der Waals surface area contributed by atoms with E-state index in [0.717, 1.165) is 24.9 Å². The van der Waals surface area contributed by atoms with Crippen LogP contribution < -0.4 is 0 Å². The van der Waals surface area contributed by atoms with Gasteiger partial charge < -0.3 is 5.11 Å². The van der Waals surface area contributed by atoms with Crippen molar-refractivity contribution in [2.75, 3.05) is 6.54 Å². The molecule has 21 heavy (non-hydrogen) atoms. The third kappa shape index (κ3) is 2.82. The van der Waals surface area contributed by atoms with E-state index in [9.17, 15) is 14.3 Å². The summed E-state index contributed by atoms with van der Waals surface area (Å²) in [6.07, 6.45) is 6.20. The predicted octanol–water partition coefficient (Wildman–Crippen LogP) is 3.50. The predicted molar refractivity (Wildman–Crippen MR) is 78.8 cm³/mol. The molecule has 114 valence electrons. The number of phenols is 1. The lowest BCUT2D eigenvalue weighted by atomic mass is 9.91. The molecule has 3 nitrogen and oxygen atoms in total. The van der Waals surface area contributed by atoms with Crippen LogP contribution >= 0.6 is 0 Å². The van der Waals surface area contributed by atoms with Gasteiger partial charge in [0.15, 0.2) is 5.78 Å². The molecule has 0 aromatic heterocycles. The minimum Gasteiger partial charge on any atom is -0.507 e. The average molecular weight is 291 g/mol. The molecule has 1 aliphatic carbocycles. The molecule has 2 fully saturated rings. The maximum atomic E-state index is 13.7. The second-order valence-electron chi connectivity index (χ2n) is 6.39. The highest BCUT2D eigenvalue weighted by molar-refractivity contribution is 5.97. The molecule has 0 radical (unpaired) electrons. The van der Waals surface area contributed by atoms with Crippen molar-refractivity contribution < 1.29 is 14.3 Å². The number of carbonyl (C=O) groups is 1. The van der Waals surface area contributed by atoms with E-state index in [4.69, 9.17) is 0 Å². The fraction of sp³-hybridized carbons (Fsp3) is 0.588. The number of fused-ring (bicyclic) bond motifs is 1. The number of carbonyl (C=O) groups excluding carboxylic acids is 1. The van der Waals surface area contributed by atoms with Gasteiger partial charge in [-0.2, -0.15) is 0 Å². The number of aromatic hydroxyl groups is 1. The van der Waals surface area contributed by atoms with Crippen LogP contribution in [0.25, 0.3) is 0 Å². The van der Waals surface area contributed by atoms with Gasteiger partial charge >= 0.3 is 0 Å². The second kappa shape index (κ2) is 5.76. The molecule has 0 bridgehead atoms. The number of phenolic OH excluding ortho intramolecular Hbond substituents is 1. The summed E-state index contributed by atoms with van der Waals surface area (Å²) in [5.41, 5.74) is 0.623.